The third-order valence-electron chi connectivity index (χ3n) is 2.46. The van der Waals surface area contributed by atoms with Crippen LogP contribution in [0.15, 0.2) is 16.6 Å². The SMILES string of the molecule is COc1cc(C(O)C(=O)O)cc(Br)c1C(C)C. The summed E-state index contributed by atoms with van der Waals surface area (Å²) in [5, 5.41) is 18.3. The summed E-state index contributed by atoms with van der Waals surface area (Å²) in [6.07, 6.45) is -1.54. The Balaban J connectivity index is 3.31. The number of halogens is 1. The molecule has 94 valence electrons. The Morgan fingerprint density at radius 3 is 2.41 bits per heavy atom. The van der Waals surface area contributed by atoms with Crippen LogP contribution in [0.5, 0.6) is 5.75 Å². The number of aliphatic hydroxyl groups excluding tert-OH is 1. The van der Waals surface area contributed by atoms with Gasteiger partial charge in [0.1, 0.15) is 5.75 Å². The number of benzene rings is 1. The monoisotopic (exact) mass is 302 g/mol. The van der Waals surface area contributed by atoms with Crippen LogP contribution in [0.1, 0.15) is 37.0 Å². The van der Waals surface area contributed by atoms with Crippen molar-refractivity contribution < 1.29 is 19.7 Å². The number of hydrogen-bond donors (Lipinski definition) is 2. The van der Waals surface area contributed by atoms with Crippen LogP contribution in [-0.2, 0) is 4.79 Å². The van der Waals surface area contributed by atoms with E-state index < -0.39 is 12.1 Å². The van der Waals surface area contributed by atoms with Crippen molar-refractivity contribution in [3.8, 4) is 5.75 Å². The van der Waals surface area contributed by atoms with Crippen molar-refractivity contribution in [3.05, 3.63) is 27.7 Å². The number of rotatable bonds is 4. The maximum atomic E-state index is 10.7. The summed E-state index contributed by atoms with van der Waals surface area (Å²) in [5.74, 6) is -0.476. The molecule has 0 aliphatic carbocycles. The van der Waals surface area contributed by atoms with Gasteiger partial charge in [0.05, 0.1) is 7.11 Å². The number of aliphatic hydroxyl groups is 1. The van der Waals surface area contributed by atoms with E-state index in [4.69, 9.17) is 9.84 Å². The Morgan fingerprint density at radius 2 is 2.00 bits per heavy atom. The molecule has 0 saturated carbocycles. The van der Waals surface area contributed by atoms with E-state index in [-0.39, 0.29) is 5.92 Å². The molecule has 4 nitrogen and oxygen atoms in total. The van der Waals surface area contributed by atoms with Crippen LogP contribution in [0, 0.1) is 0 Å². The van der Waals surface area contributed by atoms with Crippen molar-refractivity contribution in [3.63, 3.8) is 0 Å². The number of carbonyl (C=O) groups is 1. The first-order valence-electron chi connectivity index (χ1n) is 5.16. The molecule has 1 atom stereocenters. The van der Waals surface area contributed by atoms with Gasteiger partial charge in [0.25, 0.3) is 0 Å². The molecule has 0 bridgehead atoms. The van der Waals surface area contributed by atoms with Gasteiger partial charge in [0, 0.05) is 10.0 Å². The maximum absolute atomic E-state index is 10.7. The van der Waals surface area contributed by atoms with Gasteiger partial charge in [-0.1, -0.05) is 29.8 Å². The highest BCUT2D eigenvalue weighted by Crippen LogP contribution is 2.36. The Hall–Kier alpha value is -1.07. The van der Waals surface area contributed by atoms with E-state index in [1.54, 1.807) is 12.1 Å². The molecule has 0 spiro atoms. The molecule has 2 N–H and O–H groups in total. The molecular formula is C12H15BrO4. The maximum Gasteiger partial charge on any atom is 0.337 e. The molecule has 1 rings (SSSR count). The van der Waals surface area contributed by atoms with E-state index in [0.717, 1.165) is 10.0 Å². The largest absolute Gasteiger partial charge is 0.496 e. The van der Waals surface area contributed by atoms with Crippen LogP contribution in [-0.4, -0.2) is 23.3 Å². The molecule has 1 unspecified atom stereocenters. The fourth-order valence-electron chi connectivity index (χ4n) is 1.64. The molecule has 5 heteroatoms. The fourth-order valence-corrected chi connectivity index (χ4v) is 2.56. The molecular weight excluding hydrogens is 288 g/mol. The normalized spacial score (nSPS) is 12.6. The van der Waals surface area contributed by atoms with Gasteiger partial charge in [-0.2, -0.15) is 0 Å². The van der Waals surface area contributed by atoms with E-state index in [1.807, 2.05) is 13.8 Å². The summed E-state index contributed by atoms with van der Waals surface area (Å²) in [5.41, 5.74) is 1.25. The van der Waals surface area contributed by atoms with Crippen LogP contribution < -0.4 is 4.74 Å². The average Bonchev–Trinajstić information content (AvgIpc) is 2.25. The van der Waals surface area contributed by atoms with Crippen molar-refractivity contribution in [1.82, 2.24) is 0 Å². The third kappa shape index (κ3) is 2.98. The van der Waals surface area contributed by atoms with Crippen LogP contribution in [0.4, 0.5) is 0 Å². The summed E-state index contributed by atoms with van der Waals surface area (Å²) in [6.45, 7) is 4.02. The highest BCUT2D eigenvalue weighted by atomic mass is 79.9. The van der Waals surface area contributed by atoms with E-state index in [0.29, 0.717) is 11.3 Å². The number of ether oxygens (including phenoxy) is 1. The van der Waals surface area contributed by atoms with E-state index in [1.165, 1.54) is 7.11 Å². The minimum Gasteiger partial charge on any atom is -0.496 e. The number of hydrogen-bond acceptors (Lipinski definition) is 3. The van der Waals surface area contributed by atoms with E-state index in [9.17, 15) is 9.90 Å². The Morgan fingerprint density at radius 1 is 1.41 bits per heavy atom. The van der Waals surface area contributed by atoms with Crippen LogP contribution in [0.2, 0.25) is 0 Å². The van der Waals surface area contributed by atoms with Gasteiger partial charge in [0.2, 0.25) is 0 Å². The first-order chi connectivity index (χ1) is 7.88. The topological polar surface area (TPSA) is 66.8 Å². The summed E-state index contributed by atoms with van der Waals surface area (Å²) < 4.78 is 5.96. The molecule has 0 saturated heterocycles. The van der Waals surface area contributed by atoms with Crippen molar-refractivity contribution in [1.29, 1.82) is 0 Å². The smallest absolute Gasteiger partial charge is 0.337 e. The van der Waals surface area contributed by atoms with Gasteiger partial charge >= 0.3 is 5.97 Å². The first-order valence-corrected chi connectivity index (χ1v) is 5.96. The second-order valence-electron chi connectivity index (χ2n) is 4.01. The second kappa shape index (κ2) is 5.51. The zero-order valence-corrected chi connectivity index (χ0v) is 11.5. The standard InChI is InChI=1S/C12H15BrO4/c1-6(2)10-8(13)4-7(5-9(10)17-3)11(14)12(15)16/h4-6,11,14H,1-3H3,(H,15,16). The Labute approximate surface area is 108 Å². The minimum atomic E-state index is -1.54. The molecule has 17 heavy (non-hydrogen) atoms. The van der Waals surface area contributed by atoms with Crippen LogP contribution >= 0.6 is 15.9 Å². The van der Waals surface area contributed by atoms with Crippen molar-refractivity contribution in [2.24, 2.45) is 0 Å². The Bertz CT molecular complexity index is 429. The van der Waals surface area contributed by atoms with Crippen molar-refractivity contribution >= 4 is 21.9 Å². The number of methoxy groups -OCH3 is 1. The van der Waals surface area contributed by atoms with Gasteiger partial charge < -0.3 is 14.9 Å². The quantitative estimate of drug-likeness (QED) is 0.897. The molecule has 0 radical (unpaired) electrons. The summed E-state index contributed by atoms with van der Waals surface area (Å²) in [4.78, 5) is 10.7. The lowest BCUT2D eigenvalue weighted by molar-refractivity contribution is -0.146. The molecule has 0 aliphatic heterocycles. The highest BCUT2D eigenvalue weighted by molar-refractivity contribution is 9.10. The zero-order valence-electron chi connectivity index (χ0n) is 9.90. The number of carboxylic acids is 1. The molecule has 0 aliphatic rings. The molecule has 0 aromatic heterocycles. The van der Waals surface area contributed by atoms with Gasteiger partial charge in [0.15, 0.2) is 6.10 Å². The third-order valence-corrected chi connectivity index (χ3v) is 3.12. The second-order valence-corrected chi connectivity index (χ2v) is 4.87. The van der Waals surface area contributed by atoms with Gasteiger partial charge in [-0.05, 0) is 23.6 Å². The molecule has 0 fully saturated rings. The van der Waals surface area contributed by atoms with Crippen molar-refractivity contribution in [2.45, 2.75) is 25.9 Å². The van der Waals surface area contributed by atoms with E-state index >= 15 is 0 Å². The fraction of sp³-hybridized carbons (Fsp3) is 0.417. The minimum absolute atomic E-state index is 0.232. The molecule has 0 heterocycles. The van der Waals surface area contributed by atoms with Crippen LogP contribution in [0.3, 0.4) is 0 Å². The average molecular weight is 303 g/mol. The molecule has 0 amide bonds. The summed E-state index contributed by atoms with van der Waals surface area (Å²) in [6, 6.07) is 3.16. The summed E-state index contributed by atoms with van der Waals surface area (Å²) in [7, 11) is 1.52. The summed E-state index contributed by atoms with van der Waals surface area (Å²) >= 11 is 3.37. The van der Waals surface area contributed by atoms with Crippen LogP contribution in [0.25, 0.3) is 0 Å². The molecule has 1 aromatic rings. The predicted molar refractivity (Wildman–Crippen MR) is 67.4 cm³/mol. The van der Waals surface area contributed by atoms with Crippen molar-refractivity contribution in [2.75, 3.05) is 7.11 Å². The first kappa shape index (κ1) is 14.0. The van der Waals surface area contributed by atoms with E-state index in [2.05, 4.69) is 15.9 Å². The molecule has 1 aromatic carbocycles. The zero-order chi connectivity index (χ0) is 13.2. The Kier molecular flexibility index (Phi) is 4.54. The van der Waals surface area contributed by atoms with Gasteiger partial charge in [-0.3, -0.25) is 0 Å². The lowest BCUT2D eigenvalue weighted by Gasteiger charge is -2.16. The number of carboxylic acid groups (broad SMARTS) is 1. The predicted octanol–water partition coefficient (Wildman–Crippen LogP) is 2.70. The highest BCUT2D eigenvalue weighted by Gasteiger charge is 2.20. The van der Waals surface area contributed by atoms with Gasteiger partial charge in [-0.15, -0.1) is 0 Å². The van der Waals surface area contributed by atoms with Gasteiger partial charge in [-0.25, -0.2) is 4.79 Å². The lowest BCUT2D eigenvalue weighted by atomic mass is 9.98. The number of aliphatic carboxylic acids is 1. The lowest BCUT2D eigenvalue weighted by Crippen LogP contribution is -2.11.